The molecule has 0 bridgehead atoms. The van der Waals surface area contributed by atoms with Crippen LogP contribution in [0.5, 0.6) is 0 Å². The zero-order valence-electron chi connectivity index (χ0n) is 37.0. The topological polar surface area (TPSA) is 500 Å². The van der Waals surface area contributed by atoms with E-state index in [1.807, 2.05) is 21.6 Å². The summed E-state index contributed by atoms with van der Waals surface area (Å²) in [6.45, 7) is -2.59. The molecule has 3 aliphatic rings. The van der Waals surface area contributed by atoms with E-state index < -0.39 is 159 Å². The fraction of sp³-hybridized carbons (Fsp3) is 0.735. The van der Waals surface area contributed by atoms with Crippen molar-refractivity contribution < 1.29 is 133 Å². The van der Waals surface area contributed by atoms with Gasteiger partial charge in [0.05, 0.1) is 19.3 Å². The predicted molar refractivity (Wildman–Crippen MR) is 241 cm³/mol. The van der Waals surface area contributed by atoms with Gasteiger partial charge >= 0.3 is 47.6 Å². The molecule has 3 aliphatic heterocycles. The van der Waals surface area contributed by atoms with E-state index in [1.54, 1.807) is 18.2 Å². The molecule has 38 heteroatoms. The summed E-state index contributed by atoms with van der Waals surface area (Å²) in [5, 5.41) is 71.8. The number of benzene rings is 1. The van der Waals surface area contributed by atoms with Gasteiger partial charge in [0.1, 0.15) is 54.9 Å². The van der Waals surface area contributed by atoms with Gasteiger partial charge in [0.25, 0.3) is 0 Å². The van der Waals surface area contributed by atoms with Crippen molar-refractivity contribution in [1.29, 1.82) is 0 Å². The maximum atomic E-state index is 12.6. The number of aliphatic carboxylic acids is 1. The van der Waals surface area contributed by atoms with E-state index in [0.717, 1.165) is 31.9 Å². The van der Waals surface area contributed by atoms with Gasteiger partial charge in [0, 0.05) is 42.3 Å². The highest BCUT2D eigenvalue weighted by molar-refractivity contribution is 8.77. The Balaban J connectivity index is 1.57. The van der Waals surface area contributed by atoms with E-state index in [9.17, 15) is 96.9 Å². The maximum absolute atomic E-state index is 12.6. The first-order chi connectivity index (χ1) is 33.3. The highest BCUT2D eigenvalue weighted by Crippen LogP contribution is 2.40. The van der Waals surface area contributed by atoms with Crippen molar-refractivity contribution in [2.75, 3.05) is 36.1 Å². The van der Waals surface area contributed by atoms with Crippen LogP contribution in [0.1, 0.15) is 39.0 Å². The Morgan fingerprint density at radius 1 is 0.792 bits per heavy atom. The molecule has 1 unspecified atom stereocenters. The van der Waals surface area contributed by atoms with E-state index in [4.69, 9.17) is 18.9 Å². The first-order valence-electron chi connectivity index (χ1n) is 20.8. The molecule has 0 aromatic heterocycles. The van der Waals surface area contributed by atoms with Crippen LogP contribution in [0.2, 0.25) is 0 Å². The number of carboxylic acids is 1. The molecule has 0 radical (unpaired) electrons. The molecule has 1 aromatic carbocycles. The van der Waals surface area contributed by atoms with Crippen molar-refractivity contribution in [1.82, 2.24) is 5.32 Å². The Bertz CT molecular complexity index is 2430. The number of hydrogen-bond donors (Lipinski definition) is 13. The quantitative estimate of drug-likeness (QED) is 0.0219. The second-order valence-corrected chi connectivity index (χ2v) is 22.9. The van der Waals surface area contributed by atoms with Crippen molar-refractivity contribution in [3.05, 3.63) is 24.3 Å². The summed E-state index contributed by atoms with van der Waals surface area (Å²) in [4.78, 5) is 37.3. The van der Waals surface area contributed by atoms with Crippen LogP contribution in [0.4, 0.5) is 11.4 Å². The van der Waals surface area contributed by atoms with Crippen LogP contribution >= 0.6 is 21.6 Å². The van der Waals surface area contributed by atoms with Crippen LogP contribution in [-0.4, -0.2) is 217 Å². The molecule has 13 N–H and O–H groups in total. The van der Waals surface area contributed by atoms with E-state index >= 15 is 0 Å². The lowest BCUT2D eigenvalue weighted by atomic mass is 9.95. The Hall–Kier alpha value is -2.75. The summed E-state index contributed by atoms with van der Waals surface area (Å²) in [5.74, 6) is -2.52. The first-order valence-corrected chi connectivity index (χ1v) is 28.6. The Kier molecular flexibility index (Phi) is 23.0. The van der Waals surface area contributed by atoms with Crippen LogP contribution in [0, 0.1) is 0 Å². The summed E-state index contributed by atoms with van der Waals surface area (Å²) in [5.41, 5.74) is 0.724. The van der Waals surface area contributed by atoms with E-state index in [0.29, 0.717) is 23.0 Å². The summed E-state index contributed by atoms with van der Waals surface area (Å²) < 4.78 is 172. The number of carbonyl (C=O) groups is 3. The molecular formula is C34H53N3O29S6. The minimum Gasteiger partial charge on any atom is -0.479 e. The number of nitrogens with one attached hydrogen (secondary N) is 3. The van der Waals surface area contributed by atoms with Crippen molar-refractivity contribution in [3.8, 4) is 0 Å². The minimum atomic E-state index is -5.92. The molecule has 0 aliphatic carbocycles. The number of anilines is 2. The zero-order chi connectivity index (χ0) is 53.9. The van der Waals surface area contributed by atoms with E-state index in [-0.39, 0.29) is 12.3 Å². The van der Waals surface area contributed by atoms with Crippen LogP contribution in [-0.2, 0) is 91.7 Å². The maximum Gasteiger partial charge on any atom is 0.397 e. The standard InChI is InChI=1S/C34H53N3O29S6/c1-15(38)36-23-28(62-34-31(66-72(56,57)58)29(65-71(53,54)55)26(44)30(63-34)32(45)46)27(64-70(50,51)52)21(14-60-69(47,48)49)61-33(23)59-13-20(40)25(43)24(42)19(39)12-35-16-5-4-6-17(11-16)37-22(41)8-3-2-7-18-9-10-67-68-18/h4-6,11,18-21,23-31,33-35,39-40,42-44H,2-3,7-10,12-14H2,1H3,(H,36,38)(H,37,41)(H,45,46)(H,47,48,49)(H,50,51,52)(H,53,54,55)(H,56,57,58)/t18?,19-,20+,21+,23+,24+,25+,26-,27-,28+,29-,30-,31+,33-,34+/m0/s1. The average molecular weight is 1160 g/mol. The molecular weight excluding hydrogens is 1110 g/mol. The summed E-state index contributed by atoms with van der Waals surface area (Å²) in [7, 11) is -19.5. The summed E-state index contributed by atoms with van der Waals surface area (Å²) in [6.07, 6.45) is -29.4. The molecule has 3 heterocycles. The molecule has 2 amide bonds. The van der Waals surface area contributed by atoms with Gasteiger partial charge in [-0.2, -0.15) is 33.7 Å². The molecule has 0 saturated carbocycles. The molecule has 1 aromatic rings. The normalized spacial score (nSPS) is 29.1. The van der Waals surface area contributed by atoms with Gasteiger partial charge in [-0.1, -0.05) is 34.1 Å². The second-order valence-electron chi connectivity index (χ2n) is 15.8. The van der Waals surface area contributed by atoms with Crippen molar-refractivity contribution in [2.24, 2.45) is 0 Å². The molecule has 72 heavy (non-hydrogen) atoms. The van der Waals surface area contributed by atoms with Crippen molar-refractivity contribution in [3.63, 3.8) is 0 Å². The molecule has 3 fully saturated rings. The molecule has 32 nitrogen and oxygen atoms in total. The summed E-state index contributed by atoms with van der Waals surface area (Å²) in [6, 6.07) is 3.94. The zero-order valence-corrected chi connectivity index (χ0v) is 41.9. The molecule has 414 valence electrons. The Morgan fingerprint density at radius 3 is 1.99 bits per heavy atom. The number of aliphatic hydroxyl groups is 5. The Labute approximate surface area is 418 Å². The van der Waals surface area contributed by atoms with Gasteiger partial charge < -0.3 is 65.5 Å². The lowest BCUT2D eigenvalue weighted by molar-refractivity contribution is -0.334. The number of aliphatic hydroxyl groups excluding tert-OH is 5. The lowest BCUT2D eigenvalue weighted by Gasteiger charge is -2.48. The molecule has 3 saturated heterocycles. The highest BCUT2D eigenvalue weighted by Gasteiger charge is 2.58. The van der Waals surface area contributed by atoms with Crippen LogP contribution in [0.25, 0.3) is 0 Å². The number of ether oxygens (including phenoxy) is 4. The van der Waals surface area contributed by atoms with Crippen LogP contribution in [0.3, 0.4) is 0 Å². The second kappa shape index (κ2) is 26.8. The fourth-order valence-corrected chi connectivity index (χ4v) is 12.0. The molecule has 0 spiro atoms. The Morgan fingerprint density at radius 2 is 1.40 bits per heavy atom. The third-order valence-corrected chi connectivity index (χ3v) is 15.1. The largest absolute Gasteiger partial charge is 0.479 e. The number of amides is 2. The molecule has 4 rings (SSSR count). The average Bonchev–Trinajstić information content (AvgIpc) is 3.78. The number of hydrogen-bond acceptors (Lipinski definition) is 27. The number of carboxylic acid groups (broad SMARTS) is 1. The minimum absolute atomic E-state index is 0.234. The van der Waals surface area contributed by atoms with Gasteiger partial charge in [0.15, 0.2) is 24.8 Å². The monoisotopic (exact) mass is 1160 g/mol. The van der Waals surface area contributed by atoms with Gasteiger partial charge in [-0.25, -0.2) is 21.5 Å². The van der Waals surface area contributed by atoms with Crippen LogP contribution < -0.4 is 16.0 Å². The third-order valence-electron chi connectivity index (χ3n) is 10.3. The molecule has 15 atom stereocenters. The smallest absolute Gasteiger partial charge is 0.397 e. The number of unbranched alkanes of at least 4 members (excludes halogenated alkanes) is 1. The van der Waals surface area contributed by atoms with Crippen LogP contribution in [0.15, 0.2) is 24.3 Å². The van der Waals surface area contributed by atoms with Gasteiger partial charge in [-0.3, -0.25) is 27.8 Å². The van der Waals surface area contributed by atoms with Gasteiger partial charge in [0.2, 0.25) is 11.8 Å². The van der Waals surface area contributed by atoms with E-state index in [1.165, 1.54) is 6.07 Å². The fourth-order valence-electron chi connectivity index (χ4n) is 7.17. The van der Waals surface area contributed by atoms with Crippen molar-refractivity contribution >= 4 is 92.3 Å². The SMILES string of the molecule is CC(=O)N[C@H]1[C@@H](OC[C@@H](O)[C@@H](O)[C@H](O)[C@@H](O)CNc2cccc(NC(=O)CCCCC3CCSS3)c2)O[C@H](COS(=O)(=O)O)[C@H](OS(=O)(=O)O)[C@@H]1O[C@@H]1O[C@H](C(=O)O)[C@@H](O)[C@H](OS(=O)(=O)O)[C@H]1OS(=O)(=O)O. The predicted octanol–water partition coefficient (Wildman–Crippen LogP) is -3.62. The van der Waals surface area contributed by atoms with E-state index in [2.05, 4.69) is 32.7 Å². The summed E-state index contributed by atoms with van der Waals surface area (Å²) >= 11 is 0. The van der Waals surface area contributed by atoms with Crippen molar-refractivity contribution in [2.45, 2.75) is 130 Å². The van der Waals surface area contributed by atoms with Gasteiger partial charge in [-0.15, -0.1) is 0 Å². The van der Waals surface area contributed by atoms with Gasteiger partial charge in [-0.05, 0) is 37.5 Å². The number of rotatable bonds is 28. The lowest BCUT2D eigenvalue weighted by Crippen LogP contribution is -2.69. The highest BCUT2D eigenvalue weighted by atomic mass is 33.1. The number of carbonyl (C=O) groups excluding carboxylic acids is 2. The third kappa shape index (κ3) is 20.4. The first kappa shape index (κ1) is 61.8.